The fraction of sp³-hybridized carbons (Fsp3) is 0.364. The first-order valence-electron chi connectivity index (χ1n) is 5.06. The molecule has 0 saturated carbocycles. The normalized spacial score (nSPS) is 10.6. The van der Waals surface area contributed by atoms with E-state index in [-0.39, 0.29) is 24.1 Å². The number of hydrogen-bond donors (Lipinski definition) is 2. The monoisotopic (exact) mass is 244 g/mol. The summed E-state index contributed by atoms with van der Waals surface area (Å²) in [6, 6.07) is 1.58. The Morgan fingerprint density at radius 3 is 2.65 bits per heavy atom. The van der Waals surface area contributed by atoms with E-state index < -0.39 is 17.5 Å². The number of benzene rings is 1. The summed E-state index contributed by atoms with van der Waals surface area (Å²) in [6.07, 6.45) is -0.115. The maximum absolute atomic E-state index is 13.3. The van der Waals surface area contributed by atoms with Crippen LogP contribution in [0.15, 0.2) is 12.1 Å². The SMILES string of the molecule is CC(C)OCC(=O)Nc1c(N)cc(F)cc1F. The second-order valence-corrected chi connectivity index (χ2v) is 3.76. The Kier molecular flexibility index (Phi) is 4.39. The highest BCUT2D eigenvalue weighted by Gasteiger charge is 2.12. The van der Waals surface area contributed by atoms with Gasteiger partial charge in [0, 0.05) is 6.07 Å². The lowest BCUT2D eigenvalue weighted by Crippen LogP contribution is -2.22. The third-order valence-corrected chi connectivity index (χ3v) is 1.90. The van der Waals surface area contributed by atoms with Crippen LogP contribution >= 0.6 is 0 Å². The zero-order chi connectivity index (χ0) is 13.0. The first-order valence-corrected chi connectivity index (χ1v) is 5.06. The minimum Gasteiger partial charge on any atom is -0.397 e. The minimum atomic E-state index is -0.916. The lowest BCUT2D eigenvalue weighted by molar-refractivity contribution is -0.121. The van der Waals surface area contributed by atoms with Crippen molar-refractivity contribution in [2.45, 2.75) is 20.0 Å². The molecule has 0 unspecified atom stereocenters. The summed E-state index contributed by atoms with van der Waals surface area (Å²) in [4.78, 5) is 11.4. The van der Waals surface area contributed by atoms with Gasteiger partial charge in [0.25, 0.3) is 5.91 Å². The minimum absolute atomic E-state index is 0.115. The fourth-order valence-electron chi connectivity index (χ4n) is 1.14. The molecule has 0 fully saturated rings. The van der Waals surface area contributed by atoms with Crippen molar-refractivity contribution in [2.24, 2.45) is 0 Å². The van der Waals surface area contributed by atoms with Crippen LogP contribution in [-0.2, 0) is 9.53 Å². The summed E-state index contributed by atoms with van der Waals surface area (Å²) in [5, 5.41) is 2.23. The summed E-state index contributed by atoms with van der Waals surface area (Å²) in [5.41, 5.74) is 4.99. The van der Waals surface area contributed by atoms with Crippen molar-refractivity contribution in [2.75, 3.05) is 17.7 Å². The van der Waals surface area contributed by atoms with E-state index in [2.05, 4.69) is 5.32 Å². The number of nitrogen functional groups attached to an aromatic ring is 1. The third-order valence-electron chi connectivity index (χ3n) is 1.90. The van der Waals surface area contributed by atoms with E-state index in [0.29, 0.717) is 6.07 Å². The molecule has 1 rings (SSSR count). The van der Waals surface area contributed by atoms with Gasteiger partial charge in [0.05, 0.1) is 11.8 Å². The average molecular weight is 244 g/mol. The Morgan fingerprint density at radius 1 is 1.47 bits per heavy atom. The molecule has 1 aromatic rings. The molecule has 0 heterocycles. The van der Waals surface area contributed by atoms with Crippen LogP contribution in [0.4, 0.5) is 20.2 Å². The number of ether oxygens (including phenoxy) is 1. The molecule has 1 amide bonds. The van der Waals surface area contributed by atoms with Crippen LogP contribution in [0.1, 0.15) is 13.8 Å². The molecule has 0 atom stereocenters. The predicted molar refractivity (Wildman–Crippen MR) is 60.5 cm³/mol. The molecule has 17 heavy (non-hydrogen) atoms. The molecular weight excluding hydrogens is 230 g/mol. The van der Waals surface area contributed by atoms with Crippen molar-refractivity contribution in [1.29, 1.82) is 0 Å². The first kappa shape index (κ1) is 13.4. The third kappa shape index (κ3) is 3.99. The second kappa shape index (κ2) is 5.58. The van der Waals surface area contributed by atoms with Crippen molar-refractivity contribution in [3.8, 4) is 0 Å². The van der Waals surface area contributed by atoms with Gasteiger partial charge in [0.2, 0.25) is 0 Å². The van der Waals surface area contributed by atoms with Gasteiger partial charge in [0.1, 0.15) is 18.1 Å². The Hall–Kier alpha value is -1.69. The summed E-state index contributed by atoms with van der Waals surface area (Å²) >= 11 is 0. The molecule has 0 aliphatic rings. The van der Waals surface area contributed by atoms with Crippen LogP contribution in [-0.4, -0.2) is 18.6 Å². The molecule has 0 radical (unpaired) electrons. The van der Waals surface area contributed by atoms with Crippen LogP contribution in [0.3, 0.4) is 0 Å². The molecule has 1 aromatic carbocycles. The highest BCUT2D eigenvalue weighted by Crippen LogP contribution is 2.23. The zero-order valence-corrected chi connectivity index (χ0v) is 9.59. The van der Waals surface area contributed by atoms with Crippen molar-refractivity contribution in [1.82, 2.24) is 0 Å². The van der Waals surface area contributed by atoms with E-state index in [1.54, 1.807) is 13.8 Å². The van der Waals surface area contributed by atoms with E-state index in [1.807, 2.05) is 0 Å². The molecule has 0 spiro atoms. The number of halogens is 2. The average Bonchev–Trinajstić information content (AvgIpc) is 2.20. The predicted octanol–water partition coefficient (Wildman–Crippen LogP) is 1.91. The number of nitrogens with one attached hydrogen (secondary N) is 1. The Bertz CT molecular complexity index is 399. The van der Waals surface area contributed by atoms with Gasteiger partial charge < -0.3 is 15.8 Å². The molecule has 0 aromatic heterocycles. The molecule has 3 N–H and O–H groups in total. The molecule has 4 nitrogen and oxygen atoms in total. The maximum Gasteiger partial charge on any atom is 0.250 e. The first-order chi connectivity index (χ1) is 7.90. The number of anilines is 2. The van der Waals surface area contributed by atoms with Crippen molar-refractivity contribution >= 4 is 17.3 Å². The molecule has 0 aliphatic carbocycles. The van der Waals surface area contributed by atoms with Crippen LogP contribution in [0.5, 0.6) is 0 Å². The Morgan fingerprint density at radius 2 is 2.12 bits per heavy atom. The largest absolute Gasteiger partial charge is 0.397 e. The second-order valence-electron chi connectivity index (χ2n) is 3.76. The summed E-state index contributed by atoms with van der Waals surface area (Å²) in [5.74, 6) is -2.26. The molecule has 94 valence electrons. The van der Waals surface area contributed by atoms with Gasteiger partial charge in [-0.15, -0.1) is 0 Å². The molecule has 0 saturated heterocycles. The van der Waals surface area contributed by atoms with Gasteiger partial charge in [-0.2, -0.15) is 0 Å². The number of carbonyl (C=O) groups is 1. The molecule has 0 bridgehead atoms. The van der Waals surface area contributed by atoms with Crippen LogP contribution in [0.25, 0.3) is 0 Å². The van der Waals surface area contributed by atoms with E-state index in [1.165, 1.54) is 0 Å². The highest BCUT2D eigenvalue weighted by molar-refractivity contribution is 5.94. The summed E-state index contributed by atoms with van der Waals surface area (Å²) < 4.78 is 31.1. The zero-order valence-electron chi connectivity index (χ0n) is 9.59. The lowest BCUT2D eigenvalue weighted by Gasteiger charge is -2.11. The Labute approximate surface area is 97.8 Å². The van der Waals surface area contributed by atoms with Gasteiger partial charge in [-0.25, -0.2) is 8.78 Å². The molecule has 0 aliphatic heterocycles. The fourth-order valence-corrected chi connectivity index (χ4v) is 1.14. The van der Waals surface area contributed by atoms with E-state index in [4.69, 9.17) is 10.5 Å². The van der Waals surface area contributed by atoms with Gasteiger partial charge in [-0.05, 0) is 19.9 Å². The number of nitrogens with two attached hydrogens (primary N) is 1. The quantitative estimate of drug-likeness (QED) is 0.795. The highest BCUT2D eigenvalue weighted by atomic mass is 19.1. The van der Waals surface area contributed by atoms with E-state index >= 15 is 0 Å². The number of rotatable bonds is 4. The smallest absolute Gasteiger partial charge is 0.250 e. The van der Waals surface area contributed by atoms with Crippen molar-refractivity contribution < 1.29 is 18.3 Å². The van der Waals surface area contributed by atoms with Crippen molar-refractivity contribution in [3.63, 3.8) is 0 Å². The van der Waals surface area contributed by atoms with Gasteiger partial charge in [-0.1, -0.05) is 0 Å². The van der Waals surface area contributed by atoms with E-state index in [9.17, 15) is 13.6 Å². The molecule has 6 heteroatoms. The van der Waals surface area contributed by atoms with E-state index in [0.717, 1.165) is 6.07 Å². The number of hydrogen-bond acceptors (Lipinski definition) is 3. The standard InChI is InChI=1S/C11H14F2N2O2/c1-6(2)17-5-10(16)15-11-8(13)3-7(12)4-9(11)14/h3-4,6H,5,14H2,1-2H3,(H,15,16). The summed E-state index contributed by atoms with van der Waals surface area (Å²) in [7, 11) is 0. The maximum atomic E-state index is 13.3. The van der Waals surface area contributed by atoms with Gasteiger partial charge in [0.15, 0.2) is 5.82 Å². The van der Waals surface area contributed by atoms with Gasteiger partial charge in [-0.3, -0.25) is 4.79 Å². The number of carbonyl (C=O) groups excluding carboxylic acids is 1. The lowest BCUT2D eigenvalue weighted by atomic mass is 10.2. The number of amides is 1. The van der Waals surface area contributed by atoms with Crippen LogP contribution in [0.2, 0.25) is 0 Å². The van der Waals surface area contributed by atoms with Gasteiger partial charge >= 0.3 is 0 Å². The topological polar surface area (TPSA) is 64.3 Å². The van der Waals surface area contributed by atoms with Crippen LogP contribution < -0.4 is 11.1 Å². The Balaban J connectivity index is 2.72. The van der Waals surface area contributed by atoms with Crippen molar-refractivity contribution in [3.05, 3.63) is 23.8 Å². The molecular formula is C11H14F2N2O2. The van der Waals surface area contributed by atoms with Crippen LogP contribution in [0, 0.1) is 11.6 Å². The summed E-state index contributed by atoms with van der Waals surface area (Å²) in [6.45, 7) is 3.31.